The summed E-state index contributed by atoms with van der Waals surface area (Å²) in [6.07, 6.45) is 4.45. The highest BCUT2D eigenvalue weighted by Gasteiger charge is 2.21. The minimum Gasteiger partial charge on any atom is -0.352 e. The van der Waals surface area contributed by atoms with Crippen LogP contribution < -0.4 is 5.32 Å². The summed E-state index contributed by atoms with van der Waals surface area (Å²) in [7, 11) is 0. The van der Waals surface area contributed by atoms with Crippen LogP contribution in [0.1, 0.15) is 36.0 Å². The molecule has 1 aromatic rings. The van der Waals surface area contributed by atoms with E-state index in [1.807, 2.05) is 18.2 Å². The Kier molecular flexibility index (Phi) is 5.96. The predicted octanol–water partition coefficient (Wildman–Crippen LogP) is 4.58. The van der Waals surface area contributed by atoms with E-state index in [0.717, 1.165) is 33.9 Å². The van der Waals surface area contributed by atoms with Crippen LogP contribution in [0.4, 0.5) is 0 Å². The molecule has 19 heavy (non-hydrogen) atoms. The number of hydrogen-bond acceptors (Lipinski definition) is 1. The van der Waals surface area contributed by atoms with Crippen molar-refractivity contribution in [1.29, 1.82) is 0 Å². The molecule has 0 bridgehead atoms. The van der Waals surface area contributed by atoms with Crippen molar-refractivity contribution in [2.24, 2.45) is 5.92 Å². The molecule has 0 aromatic heterocycles. The summed E-state index contributed by atoms with van der Waals surface area (Å²) in [4.78, 5) is 12.2. The zero-order valence-electron chi connectivity index (χ0n) is 10.5. The molecule has 1 aliphatic carbocycles. The lowest BCUT2D eigenvalue weighted by Gasteiger charge is -2.25. The molecule has 1 amide bonds. The molecule has 2 atom stereocenters. The van der Waals surface area contributed by atoms with E-state index < -0.39 is 0 Å². The van der Waals surface area contributed by atoms with Crippen LogP contribution in [0.15, 0.2) is 22.7 Å². The Balaban J connectivity index is 1.92. The summed E-state index contributed by atoms with van der Waals surface area (Å²) in [6, 6.07) is 5.78. The highest BCUT2D eigenvalue weighted by molar-refractivity contribution is 14.1. The fraction of sp³-hybridized carbons (Fsp3) is 0.500. The number of amides is 1. The number of hydrogen-bond donors (Lipinski definition) is 1. The van der Waals surface area contributed by atoms with E-state index in [0.29, 0.717) is 11.5 Å². The van der Waals surface area contributed by atoms with Crippen molar-refractivity contribution in [1.82, 2.24) is 5.32 Å². The number of alkyl halides is 1. The Morgan fingerprint density at radius 2 is 2.26 bits per heavy atom. The molecule has 0 saturated heterocycles. The number of carbonyl (C=O) groups excluding carboxylic acids is 1. The average Bonchev–Trinajstić information content (AvgIpc) is 2.39. The molecular weight excluding hydrogens is 440 g/mol. The standard InChI is InChI=1S/C14H16BrClINO/c15-13-5-4-11(17)7-12(13)14(19)18-8-9-2-1-3-10(16)6-9/h4-5,7,9-10H,1-3,6,8H2,(H,18,19). The van der Waals surface area contributed by atoms with E-state index in [1.165, 1.54) is 6.42 Å². The van der Waals surface area contributed by atoms with E-state index in [9.17, 15) is 4.79 Å². The topological polar surface area (TPSA) is 29.1 Å². The maximum atomic E-state index is 12.2. The summed E-state index contributed by atoms with van der Waals surface area (Å²) >= 11 is 11.8. The quantitative estimate of drug-likeness (QED) is 0.524. The van der Waals surface area contributed by atoms with Crippen LogP contribution in [0.3, 0.4) is 0 Å². The number of benzene rings is 1. The van der Waals surface area contributed by atoms with Crippen molar-refractivity contribution >= 4 is 56.0 Å². The van der Waals surface area contributed by atoms with E-state index in [-0.39, 0.29) is 11.3 Å². The van der Waals surface area contributed by atoms with E-state index in [1.54, 1.807) is 0 Å². The molecule has 0 aliphatic heterocycles. The average molecular weight is 457 g/mol. The van der Waals surface area contributed by atoms with Gasteiger partial charge >= 0.3 is 0 Å². The van der Waals surface area contributed by atoms with Crippen molar-refractivity contribution in [2.45, 2.75) is 31.1 Å². The summed E-state index contributed by atoms with van der Waals surface area (Å²) < 4.78 is 1.90. The second-order valence-electron chi connectivity index (χ2n) is 4.96. The van der Waals surface area contributed by atoms with Gasteiger partial charge in [0, 0.05) is 20.0 Å². The number of nitrogens with one attached hydrogen (secondary N) is 1. The molecule has 0 spiro atoms. The van der Waals surface area contributed by atoms with Crippen LogP contribution in [0.2, 0.25) is 0 Å². The van der Waals surface area contributed by atoms with Gasteiger partial charge in [-0.05, 0) is 81.9 Å². The zero-order valence-corrected chi connectivity index (χ0v) is 15.0. The van der Waals surface area contributed by atoms with Crippen molar-refractivity contribution in [2.75, 3.05) is 6.54 Å². The summed E-state index contributed by atoms with van der Waals surface area (Å²) in [5.41, 5.74) is 0.699. The lowest BCUT2D eigenvalue weighted by Crippen LogP contribution is -2.32. The fourth-order valence-corrected chi connectivity index (χ4v) is 3.74. The highest BCUT2D eigenvalue weighted by atomic mass is 127. The zero-order chi connectivity index (χ0) is 13.8. The SMILES string of the molecule is O=C(NCC1CCCC(Cl)C1)c1cc(I)ccc1Br. The summed E-state index contributed by atoms with van der Waals surface area (Å²) in [6.45, 7) is 0.722. The van der Waals surface area contributed by atoms with Gasteiger partial charge in [-0.25, -0.2) is 0 Å². The predicted molar refractivity (Wildman–Crippen MR) is 90.8 cm³/mol. The molecule has 0 heterocycles. The third-order valence-electron chi connectivity index (χ3n) is 3.44. The fourth-order valence-electron chi connectivity index (χ4n) is 2.41. The lowest BCUT2D eigenvalue weighted by molar-refractivity contribution is 0.0943. The first-order valence-corrected chi connectivity index (χ1v) is 8.74. The minimum atomic E-state index is -0.0120. The summed E-state index contributed by atoms with van der Waals surface area (Å²) in [5, 5.41) is 3.30. The lowest BCUT2D eigenvalue weighted by atomic mass is 9.89. The Labute approximate surface area is 140 Å². The first-order chi connectivity index (χ1) is 9.06. The van der Waals surface area contributed by atoms with Crippen LogP contribution in [-0.2, 0) is 0 Å². The minimum absolute atomic E-state index is 0.0120. The Hall–Kier alpha value is 0.190. The maximum absolute atomic E-state index is 12.2. The molecule has 2 unspecified atom stereocenters. The molecule has 1 aliphatic rings. The molecule has 0 radical (unpaired) electrons. The maximum Gasteiger partial charge on any atom is 0.252 e. The van der Waals surface area contributed by atoms with Crippen LogP contribution >= 0.6 is 50.1 Å². The Morgan fingerprint density at radius 1 is 1.47 bits per heavy atom. The van der Waals surface area contributed by atoms with Gasteiger partial charge in [0.1, 0.15) is 0 Å². The molecule has 1 aromatic carbocycles. The van der Waals surface area contributed by atoms with Crippen LogP contribution in [0.5, 0.6) is 0 Å². The molecule has 1 fully saturated rings. The molecule has 1 N–H and O–H groups in total. The van der Waals surface area contributed by atoms with Gasteiger partial charge < -0.3 is 5.32 Å². The Morgan fingerprint density at radius 3 is 3.00 bits per heavy atom. The van der Waals surface area contributed by atoms with Gasteiger partial charge in [0.05, 0.1) is 5.56 Å². The third-order valence-corrected chi connectivity index (χ3v) is 5.20. The molecule has 104 valence electrons. The number of carbonyl (C=O) groups is 1. The van der Waals surface area contributed by atoms with Crippen molar-refractivity contribution < 1.29 is 4.79 Å². The molecule has 5 heteroatoms. The van der Waals surface area contributed by atoms with Crippen molar-refractivity contribution in [3.8, 4) is 0 Å². The smallest absolute Gasteiger partial charge is 0.252 e. The monoisotopic (exact) mass is 455 g/mol. The largest absolute Gasteiger partial charge is 0.352 e. The van der Waals surface area contributed by atoms with Gasteiger partial charge in [-0.1, -0.05) is 6.42 Å². The van der Waals surface area contributed by atoms with Crippen molar-refractivity contribution in [3.63, 3.8) is 0 Å². The number of rotatable bonds is 3. The normalized spacial score (nSPS) is 23.1. The van der Waals surface area contributed by atoms with Gasteiger partial charge in [0.15, 0.2) is 0 Å². The van der Waals surface area contributed by atoms with Crippen LogP contribution in [0, 0.1) is 9.49 Å². The molecular formula is C14H16BrClINO. The van der Waals surface area contributed by atoms with Gasteiger partial charge in [-0.3, -0.25) is 4.79 Å². The second-order valence-corrected chi connectivity index (χ2v) is 7.68. The molecule has 2 nitrogen and oxygen atoms in total. The highest BCUT2D eigenvalue weighted by Crippen LogP contribution is 2.27. The Bertz CT molecular complexity index is 469. The van der Waals surface area contributed by atoms with E-state index in [4.69, 9.17) is 11.6 Å². The van der Waals surface area contributed by atoms with Crippen LogP contribution in [-0.4, -0.2) is 17.8 Å². The van der Waals surface area contributed by atoms with Gasteiger partial charge in [-0.15, -0.1) is 11.6 Å². The van der Waals surface area contributed by atoms with Crippen molar-refractivity contribution in [3.05, 3.63) is 31.8 Å². The van der Waals surface area contributed by atoms with Crippen LogP contribution in [0.25, 0.3) is 0 Å². The van der Waals surface area contributed by atoms with Gasteiger partial charge in [0.2, 0.25) is 0 Å². The molecule has 2 rings (SSSR count). The van der Waals surface area contributed by atoms with E-state index in [2.05, 4.69) is 43.8 Å². The second kappa shape index (κ2) is 7.27. The van der Waals surface area contributed by atoms with E-state index >= 15 is 0 Å². The van der Waals surface area contributed by atoms with Gasteiger partial charge in [-0.2, -0.15) is 0 Å². The third kappa shape index (κ3) is 4.60. The first kappa shape index (κ1) is 15.6. The summed E-state index contributed by atoms with van der Waals surface area (Å²) in [5.74, 6) is 0.504. The first-order valence-electron chi connectivity index (χ1n) is 6.43. The molecule has 1 saturated carbocycles. The number of halogens is 3. The van der Waals surface area contributed by atoms with Gasteiger partial charge in [0.25, 0.3) is 5.91 Å².